The van der Waals surface area contributed by atoms with Gasteiger partial charge < -0.3 is 15.4 Å². The molecule has 2 N–H and O–H groups in total. The predicted octanol–water partition coefficient (Wildman–Crippen LogP) is 5.98. The zero-order valence-electron chi connectivity index (χ0n) is 19.2. The molecule has 4 rings (SSSR count). The van der Waals surface area contributed by atoms with Crippen LogP contribution in [0.4, 0.5) is 19.1 Å². The number of rotatable bonds is 8. The second-order valence-electron chi connectivity index (χ2n) is 7.94. The van der Waals surface area contributed by atoms with E-state index in [0.29, 0.717) is 27.6 Å². The summed E-state index contributed by atoms with van der Waals surface area (Å²) in [5.41, 5.74) is 0.845. The Kier molecular flexibility index (Phi) is 7.55. The van der Waals surface area contributed by atoms with Crippen LogP contribution in [0.15, 0.2) is 40.9 Å². The lowest BCUT2D eigenvalue weighted by molar-refractivity contribution is -0.274. The van der Waals surface area contributed by atoms with Crippen molar-refractivity contribution in [3.63, 3.8) is 0 Å². The smallest absolute Gasteiger partial charge is 0.405 e. The van der Waals surface area contributed by atoms with E-state index in [1.165, 1.54) is 16.6 Å². The summed E-state index contributed by atoms with van der Waals surface area (Å²) >= 11 is 9.38. The number of benzene rings is 2. The van der Waals surface area contributed by atoms with Crippen molar-refractivity contribution in [3.05, 3.63) is 45.9 Å². The lowest BCUT2D eigenvalue weighted by atomic mass is 10.2. The average Bonchev–Trinajstić information content (AvgIpc) is 3.24. The number of ether oxygens (including phenoxy) is 1. The summed E-state index contributed by atoms with van der Waals surface area (Å²) in [5, 5.41) is 11.0. The quantitative estimate of drug-likeness (QED) is 0.247. The molecule has 0 radical (unpaired) electrons. The third-order valence-electron chi connectivity index (χ3n) is 5.23. The first-order valence-electron chi connectivity index (χ1n) is 11.0. The number of alkyl halides is 3. The third-order valence-corrected chi connectivity index (χ3v) is 6.11. The van der Waals surface area contributed by atoms with E-state index in [-0.39, 0.29) is 28.3 Å². The molecule has 0 saturated carbocycles. The van der Waals surface area contributed by atoms with Crippen molar-refractivity contribution in [2.24, 2.45) is 0 Å². The van der Waals surface area contributed by atoms with Crippen LogP contribution in [0, 0.1) is 0 Å². The van der Waals surface area contributed by atoms with Crippen molar-refractivity contribution in [2.45, 2.75) is 39.1 Å². The van der Waals surface area contributed by atoms with Crippen molar-refractivity contribution in [1.29, 1.82) is 0 Å². The highest BCUT2D eigenvalue weighted by Crippen LogP contribution is 2.36. The van der Waals surface area contributed by atoms with Crippen LogP contribution in [-0.4, -0.2) is 44.4 Å². The highest BCUT2D eigenvalue weighted by molar-refractivity contribution is 9.10. The van der Waals surface area contributed by atoms with Gasteiger partial charge in [-0.2, -0.15) is 4.52 Å². The number of hydrogen-bond donors (Lipinski definition) is 2. The zero-order chi connectivity index (χ0) is 26.0. The van der Waals surface area contributed by atoms with E-state index in [0.717, 1.165) is 18.9 Å². The number of carbonyl (C=O) groups excluding carboxylic acids is 1. The van der Waals surface area contributed by atoms with Crippen molar-refractivity contribution in [3.8, 4) is 17.1 Å². The molecule has 4 aromatic rings. The maximum absolute atomic E-state index is 13.0. The fourth-order valence-electron chi connectivity index (χ4n) is 3.49. The standard InChI is InChI=1S/C23H21BrClF3N6O2/c1-3-4-10-29-21(35)12(2)30-22-31-18-15(6-5-7-16(18)24)20-32-19(33-34(20)22)14-9-8-13(25)11-17(14)36-23(26,27)28/h5-9,11-12H,3-4,10H2,1-2H3,(H,29,35)(H,30,31)/t12-/m0/s1. The molecule has 0 fully saturated rings. The van der Waals surface area contributed by atoms with Crippen LogP contribution >= 0.6 is 27.5 Å². The normalized spacial score (nSPS) is 12.6. The summed E-state index contributed by atoms with van der Waals surface area (Å²) in [6, 6.07) is 8.47. The van der Waals surface area contributed by atoms with E-state index in [1.54, 1.807) is 25.1 Å². The van der Waals surface area contributed by atoms with Crippen molar-refractivity contribution < 1.29 is 22.7 Å². The van der Waals surface area contributed by atoms with Gasteiger partial charge in [0.05, 0.1) is 11.1 Å². The number of fused-ring (bicyclic) bond motifs is 3. The van der Waals surface area contributed by atoms with Crippen molar-refractivity contribution in [1.82, 2.24) is 24.9 Å². The molecule has 0 unspecified atom stereocenters. The molecule has 0 aliphatic heterocycles. The summed E-state index contributed by atoms with van der Waals surface area (Å²) in [4.78, 5) is 21.7. The van der Waals surface area contributed by atoms with Crippen molar-refractivity contribution >= 4 is 55.9 Å². The van der Waals surface area contributed by atoms with Gasteiger partial charge in [-0.3, -0.25) is 4.79 Å². The monoisotopic (exact) mass is 584 g/mol. The van der Waals surface area contributed by atoms with Gasteiger partial charge >= 0.3 is 6.36 Å². The van der Waals surface area contributed by atoms with E-state index in [4.69, 9.17) is 11.6 Å². The SMILES string of the molecule is CCCCNC(=O)[C@H](C)Nc1nc2c(Br)cccc2c2nc(-c3ccc(Cl)cc3OC(F)(F)F)nn12. The van der Waals surface area contributed by atoms with Gasteiger partial charge in [-0.25, -0.2) is 9.97 Å². The summed E-state index contributed by atoms with van der Waals surface area (Å²) < 4.78 is 45.3. The Labute approximate surface area is 217 Å². The lowest BCUT2D eigenvalue weighted by Gasteiger charge is -2.16. The van der Waals surface area contributed by atoms with Crippen LogP contribution in [0.1, 0.15) is 26.7 Å². The molecule has 0 spiro atoms. The van der Waals surface area contributed by atoms with Crippen LogP contribution in [-0.2, 0) is 4.79 Å². The Morgan fingerprint density at radius 1 is 1.25 bits per heavy atom. The maximum atomic E-state index is 13.0. The number of halogens is 5. The Hall–Kier alpha value is -3.12. The number of hydrogen-bond acceptors (Lipinski definition) is 6. The van der Waals surface area contributed by atoms with Gasteiger partial charge in [-0.15, -0.1) is 18.3 Å². The maximum Gasteiger partial charge on any atom is 0.573 e. The largest absolute Gasteiger partial charge is 0.573 e. The molecular weight excluding hydrogens is 565 g/mol. The molecule has 2 aromatic heterocycles. The first-order valence-corrected chi connectivity index (χ1v) is 12.2. The lowest BCUT2D eigenvalue weighted by Crippen LogP contribution is -2.38. The highest BCUT2D eigenvalue weighted by atomic mass is 79.9. The first kappa shape index (κ1) is 26.0. The molecule has 0 aliphatic carbocycles. The second-order valence-corrected chi connectivity index (χ2v) is 9.23. The molecule has 1 amide bonds. The van der Waals surface area contributed by atoms with E-state index < -0.39 is 18.2 Å². The van der Waals surface area contributed by atoms with Gasteiger partial charge in [0.15, 0.2) is 11.5 Å². The summed E-state index contributed by atoms with van der Waals surface area (Å²) in [6.07, 6.45) is -3.15. The van der Waals surface area contributed by atoms with E-state index >= 15 is 0 Å². The molecule has 0 bridgehead atoms. The van der Waals surface area contributed by atoms with Gasteiger partial charge in [0.25, 0.3) is 0 Å². The molecule has 8 nitrogen and oxygen atoms in total. The van der Waals surface area contributed by atoms with Gasteiger partial charge in [0.2, 0.25) is 11.9 Å². The number of amides is 1. The summed E-state index contributed by atoms with van der Waals surface area (Å²) in [7, 11) is 0. The van der Waals surface area contributed by atoms with Crippen LogP contribution < -0.4 is 15.4 Å². The minimum Gasteiger partial charge on any atom is -0.405 e. The minimum absolute atomic E-state index is 0.0140. The molecule has 2 heterocycles. The molecule has 190 valence electrons. The average molecular weight is 586 g/mol. The van der Waals surface area contributed by atoms with Gasteiger partial charge in [-0.1, -0.05) is 31.0 Å². The number of nitrogens with one attached hydrogen (secondary N) is 2. The molecule has 0 saturated heterocycles. The van der Waals surface area contributed by atoms with Gasteiger partial charge in [0, 0.05) is 21.4 Å². The number of anilines is 1. The highest BCUT2D eigenvalue weighted by Gasteiger charge is 2.33. The number of para-hydroxylation sites is 1. The van der Waals surface area contributed by atoms with Crippen LogP contribution in [0.5, 0.6) is 5.75 Å². The van der Waals surface area contributed by atoms with E-state index in [1.807, 2.05) is 6.92 Å². The Balaban J connectivity index is 1.83. The molecule has 36 heavy (non-hydrogen) atoms. The van der Waals surface area contributed by atoms with E-state index in [2.05, 4.69) is 46.4 Å². The zero-order valence-corrected chi connectivity index (χ0v) is 21.5. The van der Waals surface area contributed by atoms with Crippen molar-refractivity contribution in [2.75, 3.05) is 11.9 Å². The Bertz CT molecular complexity index is 1430. The Morgan fingerprint density at radius 3 is 2.75 bits per heavy atom. The molecule has 13 heteroatoms. The van der Waals surface area contributed by atoms with Gasteiger partial charge in [0.1, 0.15) is 11.8 Å². The summed E-state index contributed by atoms with van der Waals surface area (Å²) in [5.74, 6) is -0.621. The van der Waals surface area contributed by atoms with Crippen LogP contribution in [0.2, 0.25) is 5.02 Å². The fraction of sp³-hybridized carbons (Fsp3) is 0.304. The summed E-state index contributed by atoms with van der Waals surface area (Å²) in [6.45, 7) is 4.24. The minimum atomic E-state index is -4.94. The number of aromatic nitrogens is 4. The topological polar surface area (TPSA) is 93.4 Å². The second kappa shape index (κ2) is 10.5. The van der Waals surface area contributed by atoms with Gasteiger partial charge in [-0.05, 0) is 59.6 Å². The Morgan fingerprint density at radius 2 is 2.03 bits per heavy atom. The molecular formula is C23H21BrClF3N6O2. The van der Waals surface area contributed by atoms with E-state index in [9.17, 15) is 18.0 Å². The molecule has 1 atom stereocenters. The van der Waals surface area contributed by atoms with Crippen LogP contribution in [0.25, 0.3) is 27.9 Å². The number of carbonyl (C=O) groups is 1. The third kappa shape index (κ3) is 5.65. The first-order chi connectivity index (χ1) is 17.1. The fourth-order valence-corrected chi connectivity index (χ4v) is 4.11. The number of nitrogens with zero attached hydrogens (tertiary/aromatic N) is 4. The number of unbranched alkanes of at least 4 members (excludes halogenated alkanes) is 1. The predicted molar refractivity (Wildman–Crippen MR) is 134 cm³/mol. The van der Waals surface area contributed by atoms with Crippen LogP contribution in [0.3, 0.4) is 0 Å². The molecule has 0 aliphatic rings. The molecule has 2 aromatic carbocycles.